The van der Waals surface area contributed by atoms with Gasteiger partial charge in [0.2, 0.25) is 5.95 Å². The van der Waals surface area contributed by atoms with Crippen molar-refractivity contribution in [2.45, 2.75) is 0 Å². The maximum atomic E-state index is 12.0. The summed E-state index contributed by atoms with van der Waals surface area (Å²) in [4.78, 5) is 20.2. The lowest BCUT2D eigenvalue weighted by Gasteiger charge is -2.06. The van der Waals surface area contributed by atoms with E-state index in [0.717, 1.165) is 4.47 Å². The zero-order chi connectivity index (χ0) is 15.1. The average molecular weight is 351 g/mol. The SMILES string of the molecule is COCCNc1ncc(C(=O)Nc2ccc(Br)cc2)cn1. The molecule has 0 aliphatic heterocycles. The molecule has 0 unspecified atom stereocenters. The number of ether oxygens (including phenoxy) is 1. The minimum absolute atomic E-state index is 0.249. The lowest BCUT2D eigenvalue weighted by atomic mass is 10.3. The van der Waals surface area contributed by atoms with Gasteiger partial charge < -0.3 is 15.4 Å². The van der Waals surface area contributed by atoms with Crippen molar-refractivity contribution in [2.75, 3.05) is 30.9 Å². The number of carbonyl (C=O) groups is 1. The molecule has 6 nitrogen and oxygen atoms in total. The zero-order valence-electron chi connectivity index (χ0n) is 11.5. The fraction of sp³-hybridized carbons (Fsp3) is 0.214. The fourth-order valence-corrected chi connectivity index (χ4v) is 1.80. The summed E-state index contributed by atoms with van der Waals surface area (Å²) in [6.07, 6.45) is 2.96. The van der Waals surface area contributed by atoms with Crippen LogP contribution in [0.4, 0.5) is 11.6 Å². The minimum Gasteiger partial charge on any atom is -0.383 e. The van der Waals surface area contributed by atoms with Crippen LogP contribution in [-0.4, -0.2) is 36.1 Å². The van der Waals surface area contributed by atoms with Crippen molar-refractivity contribution in [3.05, 3.63) is 46.7 Å². The summed E-state index contributed by atoms with van der Waals surface area (Å²) < 4.78 is 5.87. The molecule has 0 saturated heterocycles. The first-order valence-corrected chi connectivity index (χ1v) is 7.10. The number of carbonyl (C=O) groups excluding carboxylic acids is 1. The van der Waals surface area contributed by atoms with Crippen LogP contribution >= 0.6 is 15.9 Å². The second kappa shape index (κ2) is 7.70. The van der Waals surface area contributed by atoms with Crippen molar-refractivity contribution < 1.29 is 9.53 Å². The Balaban J connectivity index is 1.94. The van der Waals surface area contributed by atoms with Gasteiger partial charge in [-0.25, -0.2) is 9.97 Å². The number of methoxy groups -OCH3 is 1. The summed E-state index contributed by atoms with van der Waals surface area (Å²) in [5.74, 6) is 0.216. The molecule has 2 rings (SSSR count). The van der Waals surface area contributed by atoms with E-state index in [1.807, 2.05) is 24.3 Å². The van der Waals surface area contributed by atoms with Gasteiger partial charge in [-0.3, -0.25) is 4.79 Å². The standard InChI is InChI=1S/C14H15BrN4O2/c1-21-7-6-16-14-17-8-10(9-18-14)13(20)19-12-4-2-11(15)3-5-12/h2-5,8-9H,6-7H2,1H3,(H,19,20)(H,16,17,18). The molecule has 0 atom stereocenters. The smallest absolute Gasteiger partial charge is 0.258 e. The van der Waals surface area contributed by atoms with E-state index < -0.39 is 0 Å². The Labute approximate surface area is 131 Å². The molecule has 2 N–H and O–H groups in total. The maximum absolute atomic E-state index is 12.0. The number of aromatic nitrogens is 2. The predicted octanol–water partition coefficient (Wildman–Crippen LogP) is 2.55. The summed E-state index contributed by atoms with van der Waals surface area (Å²) in [5.41, 5.74) is 1.11. The summed E-state index contributed by atoms with van der Waals surface area (Å²) >= 11 is 3.34. The van der Waals surface area contributed by atoms with Crippen LogP contribution in [-0.2, 0) is 4.74 Å². The van der Waals surface area contributed by atoms with E-state index in [4.69, 9.17) is 4.74 Å². The Bertz CT molecular complexity index is 587. The van der Waals surface area contributed by atoms with E-state index in [0.29, 0.717) is 30.4 Å². The molecule has 110 valence electrons. The lowest BCUT2D eigenvalue weighted by molar-refractivity contribution is 0.102. The van der Waals surface area contributed by atoms with Crippen LogP contribution in [0, 0.1) is 0 Å². The van der Waals surface area contributed by atoms with Gasteiger partial charge in [-0.05, 0) is 24.3 Å². The quantitative estimate of drug-likeness (QED) is 0.783. The Morgan fingerprint density at radius 2 is 1.90 bits per heavy atom. The molecule has 2 aromatic rings. The Hall–Kier alpha value is -1.99. The highest BCUT2D eigenvalue weighted by Gasteiger charge is 2.07. The molecule has 0 spiro atoms. The van der Waals surface area contributed by atoms with Gasteiger partial charge in [-0.2, -0.15) is 0 Å². The van der Waals surface area contributed by atoms with Gasteiger partial charge in [0.15, 0.2) is 0 Å². The molecule has 0 fully saturated rings. The first kappa shape index (κ1) is 15.4. The number of amides is 1. The van der Waals surface area contributed by atoms with Crippen molar-refractivity contribution in [1.82, 2.24) is 9.97 Å². The molecule has 1 aromatic heterocycles. The molecule has 1 aromatic carbocycles. The summed E-state index contributed by atoms with van der Waals surface area (Å²) in [7, 11) is 1.62. The van der Waals surface area contributed by atoms with Crippen LogP contribution < -0.4 is 10.6 Å². The maximum Gasteiger partial charge on any atom is 0.258 e. The molecule has 21 heavy (non-hydrogen) atoms. The molecule has 1 amide bonds. The number of nitrogens with zero attached hydrogens (tertiary/aromatic N) is 2. The Morgan fingerprint density at radius 3 is 2.52 bits per heavy atom. The molecule has 0 aliphatic rings. The third-order valence-electron chi connectivity index (χ3n) is 2.61. The second-order valence-electron chi connectivity index (χ2n) is 4.18. The van der Waals surface area contributed by atoms with E-state index in [2.05, 4.69) is 36.5 Å². The highest BCUT2D eigenvalue weighted by Crippen LogP contribution is 2.15. The fourth-order valence-electron chi connectivity index (χ4n) is 1.54. The van der Waals surface area contributed by atoms with Crippen molar-refractivity contribution in [1.29, 1.82) is 0 Å². The largest absolute Gasteiger partial charge is 0.383 e. The number of benzene rings is 1. The second-order valence-corrected chi connectivity index (χ2v) is 5.09. The van der Waals surface area contributed by atoms with Gasteiger partial charge in [0.05, 0.1) is 12.2 Å². The minimum atomic E-state index is -0.249. The Morgan fingerprint density at radius 1 is 1.24 bits per heavy atom. The van der Waals surface area contributed by atoms with Crippen LogP contribution in [0.1, 0.15) is 10.4 Å². The van der Waals surface area contributed by atoms with Gasteiger partial charge in [-0.1, -0.05) is 15.9 Å². The van der Waals surface area contributed by atoms with Crippen LogP contribution in [0.5, 0.6) is 0 Å². The monoisotopic (exact) mass is 350 g/mol. The van der Waals surface area contributed by atoms with Gasteiger partial charge >= 0.3 is 0 Å². The molecule has 7 heteroatoms. The molecular formula is C14H15BrN4O2. The van der Waals surface area contributed by atoms with Crippen LogP contribution in [0.25, 0.3) is 0 Å². The zero-order valence-corrected chi connectivity index (χ0v) is 13.1. The molecule has 1 heterocycles. The summed E-state index contributed by atoms with van der Waals surface area (Å²) in [5, 5.41) is 5.76. The first-order chi connectivity index (χ1) is 10.2. The summed E-state index contributed by atoms with van der Waals surface area (Å²) in [6, 6.07) is 7.33. The first-order valence-electron chi connectivity index (χ1n) is 6.31. The van der Waals surface area contributed by atoms with E-state index in [1.54, 1.807) is 7.11 Å². The molecule has 0 aliphatic carbocycles. The van der Waals surface area contributed by atoms with Crippen LogP contribution in [0.3, 0.4) is 0 Å². The number of anilines is 2. The molecule has 0 bridgehead atoms. The highest BCUT2D eigenvalue weighted by atomic mass is 79.9. The lowest BCUT2D eigenvalue weighted by Crippen LogP contribution is -2.14. The van der Waals surface area contributed by atoms with E-state index in [9.17, 15) is 4.79 Å². The van der Waals surface area contributed by atoms with Gasteiger partial charge in [0.1, 0.15) is 0 Å². The van der Waals surface area contributed by atoms with Crippen molar-refractivity contribution in [3.63, 3.8) is 0 Å². The van der Waals surface area contributed by atoms with Crippen molar-refractivity contribution >= 4 is 33.5 Å². The van der Waals surface area contributed by atoms with E-state index in [-0.39, 0.29) is 5.91 Å². The number of hydrogen-bond donors (Lipinski definition) is 2. The van der Waals surface area contributed by atoms with Crippen LogP contribution in [0.2, 0.25) is 0 Å². The molecule has 0 radical (unpaired) electrons. The van der Waals surface area contributed by atoms with E-state index in [1.165, 1.54) is 12.4 Å². The molecule has 0 saturated carbocycles. The molecular weight excluding hydrogens is 336 g/mol. The number of rotatable bonds is 6. The average Bonchev–Trinajstić information content (AvgIpc) is 2.50. The van der Waals surface area contributed by atoms with Crippen molar-refractivity contribution in [2.24, 2.45) is 0 Å². The van der Waals surface area contributed by atoms with E-state index >= 15 is 0 Å². The van der Waals surface area contributed by atoms with Gasteiger partial charge in [0, 0.05) is 36.2 Å². The number of nitrogens with one attached hydrogen (secondary N) is 2. The summed E-state index contributed by atoms with van der Waals surface area (Å²) in [6.45, 7) is 1.18. The topological polar surface area (TPSA) is 76.1 Å². The third-order valence-corrected chi connectivity index (χ3v) is 3.13. The Kier molecular flexibility index (Phi) is 5.65. The van der Waals surface area contributed by atoms with Crippen molar-refractivity contribution in [3.8, 4) is 0 Å². The highest BCUT2D eigenvalue weighted by molar-refractivity contribution is 9.10. The normalized spacial score (nSPS) is 10.2. The van der Waals surface area contributed by atoms with Gasteiger partial charge in [-0.15, -0.1) is 0 Å². The predicted molar refractivity (Wildman–Crippen MR) is 84.5 cm³/mol. The third kappa shape index (κ3) is 4.80. The number of hydrogen-bond acceptors (Lipinski definition) is 5. The van der Waals surface area contributed by atoms with Gasteiger partial charge in [0.25, 0.3) is 5.91 Å². The van der Waals surface area contributed by atoms with Crippen LogP contribution in [0.15, 0.2) is 41.1 Å². The number of halogens is 1.